The summed E-state index contributed by atoms with van der Waals surface area (Å²) in [7, 11) is 1.70. The predicted octanol–water partition coefficient (Wildman–Crippen LogP) is 1.44. The minimum Gasteiger partial charge on any atom is -0.382 e. The van der Waals surface area contributed by atoms with Gasteiger partial charge in [0.1, 0.15) is 0 Å². The van der Waals surface area contributed by atoms with Crippen LogP contribution in [0.25, 0.3) is 0 Å². The fourth-order valence-electron chi connectivity index (χ4n) is 3.47. The number of nitrogens with one attached hydrogen (secondary N) is 1. The zero-order valence-electron chi connectivity index (χ0n) is 11.9. The molecule has 0 spiro atoms. The summed E-state index contributed by atoms with van der Waals surface area (Å²) in [6.45, 7) is 8.59. The minimum atomic E-state index is 0.262. The van der Waals surface area contributed by atoms with Crippen LogP contribution in [0.2, 0.25) is 0 Å². The number of hydrogen-bond donors (Lipinski definition) is 1. The summed E-state index contributed by atoms with van der Waals surface area (Å²) in [6.07, 6.45) is 2.97. The number of ether oxygens (including phenoxy) is 3. The monoisotopic (exact) mass is 257 g/mol. The molecule has 1 saturated carbocycles. The fraction of sp³-hybridized carbons (Fsp3) is 1.00. The highest BCUT2D eigenvalue weighted by Crippen LogP contribution is 2.51. The molecule has 0 aromatic rings. The van der Waals surface area contributed by atoms with Gasteiger partial charge in [0.15, 0.2) is 0 Å². The molecule has 4 heteroatoms. The van der Waals surface area contributed by atoms with Crippen molar-refractivity contribution in [1.82, 2.24) is 5.32 Å². The van der Waals surface area contributed by atoms with Crippen molar-refractivity contribution in [3.63, 3.8) is 0 Å². The van der Waals surface area contributed by atoms with Crippen molar-refractivity contribution in [2.24, 2.45) is 11.3 Å². The molecule has 1 N–H and O–H groups in total. The second kappa shape index (κ2) is 6.33. The first-order valence-corrected chi connectivity index (χ1v) is 7.09. The first kappa shape index (κ1) is 14.3. The Balaban J connectivity index is 1.66. The van der Waals surface area contributed by atoms with Crippen LogP contribution in [0.15, 0.2) is 0 Å². The molecule has 1 aliphatic heterocycles. The van der Waals surface area contributed by atoms with E-state index in [1.165, 1.54) is 12.8 Å². The van der Waals surface area contributed by atoms with Gasteiger partial charge < -0.3 is 19.5 Å². The lowest BCUT2D eigenvalue weighted by Crippen LogP contribution is -2.69. The molecule has 3 atom stereocenters. The summed E-state index contributed by atoms with van der Waals surface area (Å²) in [6, 6.07) is 0.578. The van der Waals surface area contributed by atoms with Gasteiger partial charge in [0.25, 0.3) is 0 Å². The zero-order chi connectivity index (χ0) is 13.0. The van der Waals surface area contributed by atoms with Crippen molar-refractivity contribution in [3.8, 4) is 0 Å². The fourth-order valence-corrected chi connectivity index (χ4v) is 3.47. The van der Waals surface area contributed by atoms with Crippen LogP contribution < -0.4 is 5.32 Å². The molecule has 0 radical (unpaired) electrons. The third-order valence-electron chi connectivity index (χ3n) is 4.37. The lowest BCUT2D eigenvalue weighted by Gasteiger charge is -2.60. The number of methoxy groups -OCH3 is 1. The van der Waals surface area contributed by atoms with E-state index in [1.807, 2.05) is 0 Å². The van der Waals surface area contributed by atoms with Crippen molar-refractivity contribution in [1.29, 1.82) is 0 Å². The van der Waals surface area contributed by atoms with E-state index in [0.717, 1.165) is 19.8 Å². The molecule has 106 valence electrons. The summed E-state index contributed by atoms with van der Waals surface area (Å²) < 4.78 is 16.3. The molecule has 0 amide bonds. The highest BCUT2D eigenvalue weighted by Gasteiger charge is 2.57. The second-order valence-electron chi connectivity index (χ2n) is 5.96. The molecule has 18 heavy (non-hydrogen) atoms. The molecule has 1 aliphatic carbocycles. The molecule has 1 saturated heterocycles. The van der Waals surface area contributed by atoms with Crippen LogP contribution in [0.4, 0.5) is 0 Å². The van der Waals surface area contributed by atoms with Gasteiger partial charge >= 0.3 is 0 Å². The highest BCUT2D eigenvalue weighted by molar-refractivity contribution is 5.10. The van der Waals surface area contributed by atoms with Crippen molar-refractivity contribution >= 4 is 0 Å². The summed E-state index contributed by atoms with van der Waals surface area (Å²) in [5.41, 5.74) is 0.262. The van der Waals surface area contributed by atoms with Gasteiger partial charge in [0, 0.05) is 37.6 Å². The van der Waals surface area contributed by atoms with Crippen molar-refractivity contribution in [2.75, 3.05) is 40.1 Å². The molecule has 0 aromatic carbocycles. The van der Waals surface area contributed by atoms with Crippen molar-refractivity contribution in [3.05, 3.63) is 0 Å². The molecule has 4 nitrogen and oxygen atoms in total. The van der Waals surface area contributed by atoms with Gasteiger partial charge in [0.05, 0.1) is 25.9 Å². The van der Waals surface area contributed by atoms with E-state index < -0.39 is 0 Å². The highest BCUT2D eigenvalue weighted by atomic mass is 16.5. The second-order valence-corrected chi connectivity index (χ2v) is 5.96. The molecule has 0 bridgehead atoms. The molecule has 2 aliphatic rings. The van der Waals surface area contributed by atoms with Gasteiger partial charge in [-0.3, -0.25) is 0 Å². The Labute approximate surface area is 110 Å². The third kappa shape index (κ3) is 2.87. The van der Waals surface area contributed by atoms with E-state index in [9.17, 15) is 0 Å². The Morgan fingerprint density at radius 1 is 1.28 bits per heavy atom. The quantitative estimate of drug-likeness (QED) is 0.701. The Hall–Kier alpha value is -0.160. The molecule has 1 heterocycles. The molecule has 0 aromatic heterocycles. The van der Waals surface area contributed by atoms with Crippen LogP contribution in [-0.2, 0) is 14.2 Å². The van der Waals surface area contributed by atoms with Crippen LogP contribution >= 0.6 is 0 Å². The van der Waals surface area contributed by atoms with Crippen LogP contribution in [0.1, 0.15) is 26.7 Å². The van der Waals surface area contributed by atoms with E-state index in [2.05, 4.69) is 19.2 Å². The van der Waals surface area contributed by atoms with Gasteiger partial charge in [-0.2, -0.15) is 0 Å². The maximum atomic E-state index is 5.89. The predicted molar refractivity (Wildman–Crippen MR) is 70.7 cm³/mol. The molecule has 2 rings (SSSR count). The average molecular weight is 257 g/mol. The summed E-state index contributed by atoms with van der Waals surface area (Å²) in [5, 5.41) is 3.64. The zero-order valence-corrected chi connectivity index (χ0v) is 11.9. The number of fused-ring (bicyclic) bond motifs is 1. The van der Waals surface area contributed by atoms with E-state index in [-0.39, 0.29) is 5.41 Å². The largest absolute Gasteiger partial charge is 0.382 e. The maximum absolute atomic E-state index is 5.89. The van der Waals surface area contributed by atoms with Crippen molar-refractivity contribution < 1.29 is 14.2 Å². The van der Waals surface area contributed by atoms with Crippen molar-refractivity contribution in [2.45, 2.75) is 38.8 Å². The Bertz CT molecular complexity index is 257. The van der Waals surface area contributed by atoms with Crippen LogP contribution in [0.3, 0.4) is 0 Å². The molecular formula is C14H27NO3. The molecule has 2 fully saturated rings. The molecule has 3 unspecified atom stereocenters. The summed E-state index contributed by atoms with van der Waals surface area (Å²) in [5.74, 6) is 0.702. The van der Waals surface area contributed by atoms with Gasteiger partial charge in [0.2, 0.25) is 0 Å². The van der Waals surface area contributed by atoms with E-state index in [1.54, 1.807) is 7.11 Å². The Morgan fingerprint density at radius 2 is 2.11 bits per heavy atom. The number of hydrogen-bond acceptors (Lipinski definition) is 4. The lowest BCUT2D eigenvalue weighted by atomic mass is 9.55. The summed E-state index contributed by atoms with van der Waals surface area (Å²) in [4.78, 5) is 0. The molecular weight excluding hydrogens is 230 g/mol. The van der Waals surface area contributed by atoms with Crippen LogP contribution in [0.5, 0.6) is 0 Å². The Kier molecular flexibility index (Phi) is 5.01. The van der Waals surface area contributed by atoms with Crippen LogP contribution in [0, 0.1) is 11.3 Å². The Morgan fingerprint density at radius 3 is 2.89 bits per heavy atom. The van der Waals surface area contributed by atoms with Gasteiger partial charge in [-0.15, -0.1) is 0 Å². The van der Waals surface area contributed by atoms with Gasteiger partial charge in [-0.1, -0.05) is 13.8 Å². The SMILES string of the molecule is COCCOCCNC1C2CCCOC2C1(C)C. The average Bonchev–Trinajstić information content (AvgIpc) is 2.37. The minimum absolute atomic E-state index is 0.262. The first-order chi connectivity index (χ1) is 8.68. The van der Waals surface area contributed by atoms with E-state index in [4.69, 9.17) is 14.2 Å². The van der Waals surface area contributed by atoms with Gasteiger partial charge in [-0.05, 0) is 12.8 Å². The van der Waals surface area contributed by atoms with E-state index in [0.29, 0.717) is 31.3 Å². The maximum Gasteiger partial charge on any atom is 0.0700 e. The van der Waals surface area contributed by atoms with Gasteiger partial charge in [-0.25, -0.2) is 0 Å². The number of rotatable bonds is 7. The smallest absolute Gasteiger partial charge is 0.0700 e. The normalized spacial score (nSPS) is 33.8. The standard InChI is InChI=1S/C14H27NO3/c1-14(2)12(11-5-4-7-18-13(11)14)15-6-8-17-10-9-16-3/h11-13,15H,4-10H2,1-3H3. The lowest BCUT2D eigenvalue weighted by molar-refractivity contribution is -0.192. The topological polar surface area (TPSA) is 39.7 Å². The van der Waals surface area contributed by atoms with Crippen LogP contribution in [-0.4, -0.2) is 52.2 Å². The third-order valence-corrected chi connectivity index (χ3v) is 4.37. The summed E-state index contributed by atoms with van der Waals surface area (Å²) >= 11 is 0. The first-order valence-electron chi connectivity index (χ1n) is 7.09. The van der Waals surface area contributed by atoms with E-state index >= 15 is 0 Å².